The first-order chi connectivity index (χ1) is 12.6. The molecule has 0 aromatic heterocycles. The smallest absolute Gasteiger partial charge is 0.127 e. The Morgan fingerprint density at radius 3 is 2.08 bits per heavy atom. The highest BCUT2D eigenvalue weighted by Crippen LogP contribution is 2.37. The van der Waals surface area contributed by atoms with Crippen molar-refractivity contribution < 1.29 is 8.78 Å². The Kier molecular flexibility index (Phi) is 6.45. The summed E-state index contributed by atoms with van der Waals surface area (Å²) in [5.41, 5.74) is 2.62. The molecule has 0 atom stereocenters. The van der Waals surface area contributed by atoms with Crippen LogP contribution >= 0.6 is 0 Å². The summed E-state index contributed by atoms with van der Waals surface area (Å²) in [6.45, 7) is 2.26. The molecule has 0 bridgehead atoms. The lowest BCUT2D eigenvalue weighted by Crippen LogP contribution is -2.13. The van der Waals surface area contributed by atoms with Gasteiger partial charge in [-0.25, -0.2) is 8.78 Å². The van der Waals surface area contributed by atoms with Crippen molar-refractivity contribution in [2.24, 2.45) is 5.92 Å². The predicted molar refractivity (Wildman–Crippen MR) is 103 cm³/mol. The first-order valence-corrected chi connectivity index (χ1v) is 9.72. The fraction of sp³-hybridized carbons (Fsp3) is 0.417. The maximum Gasteiger partial charge on any atom is 0.127 e. The Morgan fingerprint density at radius 2 is 1.46 bits per heavy atom. The third-order valence-electron chi connectivity index (χ3n) is 5.41. The van der Waals surface area contributed by atoms with Gasteiger partial charge in [-0.05, 0) is 67.3 Å². The monoisotopic (exact) mass is 352 g/mol. The van der Waals surface area contributed by atoms with Crippen LogP contribution in [0.3, 0.4) is 0 Å². The van der Waals surface area contributed by atoms with Crippen LogP contribution in [0.2, 0.25) is 0 Å². The van der Waals surface area contributed by atoms with Gasteiger partial charge in [0.05, 0.1) is 0 Å². The Labute approximate surface area is 155 Å². The molecular formula is C24H26F2. The molecule has 0 heterocycles. The number of benzene rings is 2. The Bertz CT molecular complexity index is 752. The summed E-state index contributed by atoms with van der Waals surface area (Å²) >= 11 is 0. The van der Waals surface area contributed by atoms with E-state index in [0.717, 1.165) is 17.5 Å². The van der Waals surface area contributed by atoms with E-state index in [1.807, 2.05) is 12.1 Å². The van der Waals surface area contributed by atoms with Gasteiger partial charge in [-0.1, -0.05) is 50.2 Å². The minimum absolute atomic E-state index is 0.358. The van der Waals surface area contributed by atoms with Crippen LogP contribution in [0.25, 0.3) is 0 Å². The zero-order valence-corrected chi connectivity index (χ0v) is 15.4. The predicted octanol–water partition coefficient (Wildman–Crippen LogP) is 6.83. The normalized spacial score (nSPS) is 19.7. The lowest BCUT2D eigenvalue weighted by Gasteiger charge is -2.28. The fourth-order valence-electron chi connectivity index (χ4n) is 3.89. The number of halogens is 2. The van der Waals surface area contributed by atoms with Gasteiger partial charge in [0, 0.05) is 17.2 Å². The minimum Gasteiger partial charge on any atom is -0.207 e. The summed E-state index contributed by atoms with van der Waals surface area (Å²) in [5, 5.41) is 0. The first-order valence-electron chi connectivity index (χ1n) is 9.72. The Balaban J connectivity index is 1.60. The van der Waals surface area contributed by atoms with Crippen LogP contribution in [0.5, 0.6) is 0 Å². The summed E-state index contributed by atoms with van der Waals surface area (Å²) < 4.78 is 26.4. The molecule has 2 aromatic carbocycles. The van der Waals surface area contributed by atoms with E-state index < -0.39 is 11.6 Å². The van der Waals surface area contributed by atoms with Crippen molar-refractivity contribution in [3.63, 3.8) is 0 Å². The molecule has 0 nitrogen and oxygen atoms in total. The zero-order chi connectivity index (χ0) is 18.4. The molecular weight excluding hydrogens is 326 g/mol. The molecule has 1 aliphatic rings. The van der Waals surface area contributed by atoms with E-state index in [0.29, 0.717) is 11.5 Å². The van der Waals surface area contributed by atoms with Crippen LogP contribution in [0.1, 0.15) is 74.5 Å². The van der Waals surface area contributed by atoms with E-state index >= 15 is 0 Å². The van der Waals surface area contributed by atoms with E-state index in [9.17, 15) is 8.78 Å². The van der Waals surface area contributed by atoms with Crippen LogP contribution in [0, 0.1) is 29.4 Å². The summed E-state index contributed by atoms with van der Waals surface area (Å²) in [5.74, 6) is 6.21. The van der Waals surface area contributed by atoms with Crippen LogP contribution < -0.4 is 0 Å². The van der Waals surface area contributed by atoms with Gasteiger partial charge in [0.2, 0.25) is 0 Å². The van der Waals surface area contributed by atoms with E-state index in [4.69, 9.17) is 0 Å². The van der Waals surface area contributed by atoms with Gasteiger partial charge in [-0.3, -0.25) is 0 Å². The second-order valence-electron chi connectivity index (χ2n) is 7.39. The molecule has 0 amide bonds. The average Bonchev–Trinajstić information content (AvgIpc) is 2.65. The third kappa shape index (κ3) is 5.18. The number of unbranched alkanes of at least 4 members (excludes halogenated alkanes) is 1. The highest BCUT2D eigenvalue weighted by Gasteiger charge is 2.21. The molecule has 2 heteroatoms. The van der Waals surface area contributed by atoms with E-state index in [-0.39, 0.29) is 0 Å². The van der Waals surface area contributed by atoms with Crippen LogP contribution in [0.4, 0.5) is 8.78 Å². The number of hydrogen-bond donors (Lipinski definition) is 0. The van der Waals surface area contributed by atoms with Crippen molar-refractivity contribution in [3.05, 3.63) is 70.8 Å². The topological polar surface area (TPSA) is 0 Å². The molecule has 1 aliphatic carbocycles. The highest BCUT2D eigenvalue weighted by molar-refractivity contribution is 5.44. The van der Waals surface area contributed by atoms with Crippen LogP contribution in [-0.4, -0.2) is 0 Å². The van der Waals surface area contributed by atoms with Crippen molar-refractivity contribution >= 4 is 0 Å². The zero-order valence-electron chi connectivity index (χ0n) is 15.4. The lowest BCUT2D eigenvalue weighted by atomic mass is 9.77. The second kappa shape index (κ2) is 8.99. The van der Waals surface area contributed by atoms with Crippen molar-refractivity contribution in [1.29, 1.82) is 0 Å². The number of rotatable bonds is 4. The molecule has 0 spiro atoms. The largest absolute Gasteiger partial charge is 0.207 e. The molecule has 0 aliphatic heterocycles. The van der Waals surface area contributed by atoms with Gasteiger partial charge >= 0.3 is 0 Å². The summed E-state index contributed by atoms with van der Waals surface area (Å²) in [6, 6.07) is 11.7. The van der Waals surface area contributed by atoms with Gasteiger partial charge in [0.1, 0.15) is 11.6 Å². The SMILES string of the molecule is CCCCC1CCC(c2ccc(C#Cc3cc(F)cc(F)c3)cc2)CC1. The molecule has 0 unspecified atom stereocenters. The van der Waals surface area contributed by atoms with Gasteiger partial charge in [0.25, 0.3) is 0 Å². The van der Waals surface area contributed by atoms with Crippen molar-refractivity contribution in [2.75, 3.05) is 0 Å². The van der Waals surface area contributed by atoms with Crippen LogP contribution in [-0.2, 0) is 0 Å². The third-order valence-corrected chi connectivity index (χ3v) is 5.41. The van der Waals surface area contributed by atoms with Crippen molar-refractivity contribution in [1.82, 2.24) is 0 Å². The quantitative estimate of drug-likeness (QED) is 0.529. The van der Waals surface area contributed by atoms with Gasteiger partial charge in [-0.15, -0.1) is 0 Å². The Morgan fingerprint density at radius 1 is 0.846 bits per heavy atom. The second-order valence-corrected chi connectivity index (χ2v) is 7.39. The maximum absolute atomic E-state index is 13.2. The lowest BCUT2D eigenvalue weighted by molar-refractivity contribution is 0.304. The van der Waals surface area contributed by atoms with Crippen LogP contribution in [0.15, 0.2) is 42.5 Å². The molecule has 0 saturated heterocycles. The molecule has 2 aromatic rings. The van der Waals surface area contributed by atoms with Crippen molar-refractivity contribution in [2.45, 2.75) is 57.8 Å². The summed E-state index contributed by atoms with van der Waals surface area (Å²) in [7, 11) is 0. The molecule has 0 radical (unpaired) electrons. The standard InChI is InChI=1S/C24H26F2/c1-2-3-4-18-7-11-21(12-8-18)22-13-9-19(10-14-22)5-6-20-15-23(25)17-24(26)16-20/h9-10,13-18,21H,2-4,7-8,11-12H2,1H3. The fourth-order valence-corrected chi connectivity index (χ4v) is 3.89. The molecule has 0 N–H and O–H groups in total. The van der Waals surface area contributed by atoms with E-state index in [1.54, 1.807) is 0 Å². The minimum atomic E-state index is -0.598. The molecule has 26 heavy (non-hydrogen) atoms. The van der Waals surface area contributed by atoms with E-state index in [1.165, 1.54) is 62.6 Å². The highest BCUT2D eigenvalue weighted by atomic mass is 19.1. The molecule has 1 saturated carbocycles. The maximum atomic E-state index is 13.2. The molecule has 136 valence electrons. The summed E-state index contributed by atoms with van der Waals surface area (Å²) in [6.07, 6.45) is 9.29. The van der Waals surface area contributed by atoms with Gasteiger partial charge in [0.15, 0.2) is 0 Å². The van der Waals surface area contributed by atoms with Gasteiger partial charge < -0.3 is 0 Å². The first kappa shape index (κ1) is 18.6. The number of hydrogen-bond acceptors (Lipinski definition) is 0. The Hall–Kier alpha value is -2.14. The average molecular weight is 352 g/mol. The van der Waals surface area contributed by atoms with Gasteiger partial charge in [-0.2, -0.15) is 0 Å². The summed E-state index contributed by atoms with van der Waals surface area (Å²) in [4.78, 5) is 0. The molecule has 3 rings (SSSR count). The van der Waals surface area contributed by atoms with Crippen molar-refractivity contribution in [3.8, 4) is 11.8 Å². The molecule has 1 fully saturated rings. The van der Waals surface area contributed by atoms with E-state index in [2.05, 4.69) is 30.9 Å².